The van der Waals surface area contributed by atoms with Crippen molar-refractivity contribution in [1.82, 2.24) is 5.16 Å². The van der Waals surface area contributed by atoms with Gasteiger partial charge in [0, 0.05) is 5.02 Å². The first-order valence-electron chi connectivity index (χ1n) is 7.78. The van der Waals surface area contributed by atoms with Gasteiger partial charge in [-0.3, -0.25) is 5.32 Å². The predicted molar refractivity (Wildman–Crippen MR) is 96.9 cm³/mol. The van der Waals surface area contributed by atoms with Gasteiger partial charge in [-0.1, -0.05) is 28.9 Å². The fourth-order valence-electron chi connectivity index (χ4n) is 2.72. The van der Waals surface area contributed by atoms with Crippen LogP contribution in [-0.4, -0.2) is 18.3 Å². The maximum atomic E-state index is 12.3. The van der Waals surface area contributed by atoms with Gasteiger partial charge < -0.3 is 19.3 Å². The highest BCUT2D eigenvalue weighted by Gasteiger charge is 2.26. The molecule has 132 valence electrons. The molecule has 7 nitrogen and oxygen atoms in total. The van der Waals surface area contributed by atoms with E-state index in [1.165, 1.54) is 7.11 Å². The van der Waals surface area contributed by atoms with Gasteiger partial charge in [0.1, 0.15) is 18.1 Å². The van der Waals surface area contributed by atoms with Crippen LogP contribution in [0, 0.1) is 0 Å². The van der Waals surface area contributed by atoms with Gasteiger partial charge in [-0.2, -0.15) is 0 Å². The lowest BCUT2D eigenvalue weighted by molar-refractivity contribution is 0.261. The number of rotatable bonds is 3. The first-order chi connectivity index (χ1) is 12.7. The van der Waals surface area contributed by atoms with Crippen molar-refractivity contribution in [2.75, 3.05) is 17.7 Å². The molecule has 0 spiro atoms. The van der Waals surface area contributed by atoms with Gasteiger partial charge in [-0.25, -0.2) is 4.79 Å². The van der Waals surface area contributed by atoms with Gasteiger partial charge in [0.25, 0.3) is 0 Å². The molecule has 2 N–H and O–H groups in total. The van der Waals surface area contributed by atoms with E-state index in [1.54, 1.807) is 18.2 Å². The van der Waals surface area contributed by atoms with E-state index >= 15 is 0 Å². The van der Waals surface area contributed by atoms with E-state index in [2.05, 4.69) is 15.8 Å². The molecule has 1 aliphatic heterocycles. The van der Waals surface area contributed by atoms with Gasteiger partial charge in [-0.05, 0) is 30.3 Å². The monoisotopic (exact) mass is 371 g/mol. The van der Waals surface area contributed by atoms with E-state index < -0.39 is 6.03 Å². The molecule has 26 heavy (non-hydrogen) atoms. The summed E-state index contributed by atoms with van der Waals surface area (Å²) in [5, 5.41) is 9.78. The van der Waals surface area contributed by atoms with Crippen molar-refractivity contribution in [3.8, 4) is 22.8 Å². The van der Waals surface area contributed by atoms with E-state index in [4.69, 9.17) is 25.6 Å². The van der Waals surface area contributed by atoms with Crippen LogP contribution < -0.4 is 20.1 Å². The molecule has 0 unspecified atom stereocenters. The Morgan fingerprint density at radius 3 is 2.92 bits per heavy atom. The number of nitrogens with one attached hydrogen (secondary N) is 2. The fraction of sp³-hybridized carbons (Fsp3) is 0.111. The van der Waals surface area contributed by atoms with Crippen LogP contribution in [0.25, 0.3) is 11.3 Å². The minimum Gasteiger partial charge on any atom is -0.495 e. The van der Waals surface area contributed by atoms with Crippen LogP contribution in [0.4, 0.5) is 16.3 Å². The third-order valence-electron chi connectivity index (χ3n) is 3.93. The molecule has 0 radical (unpaired) electrons. The Morgan fingerprint density at radius 2 is 2.08 bits per heavy atom. The van der Waals surface area contributed by atoms with Gasteiger partial charge >= 0.3 is 6.03 Å². The average Bonchev–Trinajstić information content (AvgIpc) is 3.05. The molecular formula is C18H14ClN3O4. The molecule has 3 aromatic rings. The third kappa shape index (κ3) is 2.93. The number of ether oxygens (including phenoxy) is 2. The number of amides is 2. The molecule has 2 aromatic carbocycles. The number of benzene rings is 2. The van der Waals surface area contributed by atoms with Gasteiger partial charge in [0.05, 0.1) is 23.9 Å². The molecule has 0 aliphatic carbocycles. The molecule has 0 atom stereocenters. The van der Waals surface area contributed by atoms with Crippen molar-refractivity contribution in [2.45, 2.75) is 6.61 Å². The van der Waals surface area contributed by atoms with Crippen LogP contribution in [0.15, 0.2) is 47.0 Å². The second kappa shape index (κ2) is 6.61. The summed E-state index contributed by atoms with van der Waals surface area (Å²) < 4.78 is 16.3. The van der Waals surface area contributed by atoms with Crippen molar-refractivity contribution in [3.63, 3.8) is 0 Å². The molecule has 0 bridgehead atoms. The lowest BCUT2D eigenvalue weighted by atomic mass is 10.1. The van der Waals surface area contributed by atoms with Gasteiger partial charge in [0.2, 0.25) is 0 Å². The Morgan fingerprint density at radius 1 is 1.23 bits per heavy atom. The summed E-state index contributed by atoms with van der Waals surface area (Å²) >= 11 is 5.97. The summed E-state index contributed by atoms with van der Waals surface area (Å²) in [5.41, 5.74) is 1.92. The Hall–Kier alpha value is -3.19. The zero-order valence-corrected chi connectivity index (χ0v) is 14.5. The zero-order chi connectivity index (χ0) is 18.1. The van der Waals surface area contributed by atoms with E-state index in [1.807, 2.05) is 24.3 Å². The van der Waals surface area contributed by atoms with Crippen molar-refractivity contribution >= 4 is 29.1 Å². The topological polar surface area (TPSA) is 85.6 Å². The predicted octanol–water partition coefficient (Wildman–Crippen LogP) is 4.54. The largest absolute Gasteiger partial charge is 0.495 e. The average molecular weight is 372 g/mol. The lowest BCUT2D eigenvalue weighted by Gasteiger charge is -2.16. The van der Waals surface area contributed by atoms with Gasteiger partial charge in [-0.15, -0.1) is 0 Å². The van der Waals surface area contributed by atoms with Crippen molar-refractivity contribution in [3.05, 3.63) is 53.1 Å². The van der Waals surface area contributed by atoms with Crippen LogP contribution in [0.5, 0.6) is 11.5 Å². The Balaban J connectivity index is 1.56. The zero-order valence-electron chi connectivity index (χ0n) is 13.7. The minimum absolute atomic E-state index is 0.256. The van der Waals surface area contributed by atoms with Crippen molar-refractivity contribution < 1.29 is 18.8 Å². The highest BCUT2D eigenvalue weighted by Crippen LogP contribution is 2.40. The molecule has 4 rings (SSSR count). The molecule has 0 fully saturated rings. The van der Waals surface area contributed by atoms with E-state index in [-0.39, 0.29) is 6.61 Å². The molecular weight excluding hydrogens is 358 g/mol. The Labute approximate surface area is 153 Å². The molecule has 0 saturated carbocycles. The van der Waals surface area contributed by atoms with Crippen LogP contribution in [0.3, 0.4) is 0 Å². The first kappa shape index (κ1) is 16.3. The number of nitrogens with zero attached hydrogens (tertiary/aromatic N) is 1. The number of aromatic nitrogens is 1. The van der Waals surface area contributed by atoms with Crippen LogP contribution >= 0.6 is 11.6 Å². The van der Waals surface area contributed by atoms with Gasteiger partial charge in [0.15, 0.2) is 11.6 Å². The van der Waals surface area contributed by atoms with E-state index in [9.17, 15) is 4.79 Å². The smallest absolute Gasteiger partial charge is 0.325 e. The molecule has 1 aliphatic rings. The van der Waals surface area contributed by atoms with Crippen molar-refractivity contribution in [1.29, 1.82) is 0 Å². The fourth-order valence-corrected chi connectivity index (χ4v) is 2.89. The Bertz CT molecular complexity index is 986. The van der Waals surface area contributed by atoms with E-state index in [0.29, 0.717) is 33.6 Å². The summed E-state index contributed by atoms with van der Waals surface area (Å²) in [6.45, 7) is 0.256. The number of carbonyl (C=O) groups is 1. The standard InChI is InChI=1S/C18H14ClN3O4/c1-24-15-7-6-10(19)8-13(15)20-18(23)21-17-12-9-25-14-5-3-2-4-11(14)16(12)26-22-17/h2-8H,9H2,1H3,(H2,20,21,22,23). The number of halogens is 1. The first-order valence-corrected chi connectivity index (χ1v) is 8.16. The number of methoxy groups -OCH3 is 1. The molecule has 2 amide bonds. The Kier molecular flexibility index (Phi) is 4.14. The SMILES string of the molecule is COc1ccc(Cl)cc1NC(=O)Nc1noc2c1COc1ccccc1-2. The number of urea groups is 1. The number of carbonyl (C=O) groups excluding carboxylic acids is 1. The number of fused-ring (bicyclic) bond motifs is 3. The highest BCUT2D eigenvalue weighted by molar-refractivity contribution is 6.31. The number of hydrogen-bond donors (Lipinski definition) is 2. The van der Waals surface area contributed by atoms with Crippen molar-refractivity contribution in [2.24, 2.45) is 0 Å². The lowest BCUT2D eigenvalue weighted by Crippen LogP contribution is -2.21. The summed E-state index contributed by atoms with van der Waals surface area (Å²) in [6.07, 6.45) is 0. The van der Waals surface area contributed by atoms with E-state index in [0.717, 1.165) is 11.3 Å². The molecule has 1 aromatic heterocycles. The highest BCUT2D eigenvalue weighted by atomic mass is 35.5. The van der Waals surface area contributed by atoms with Crippen LogP contribution in [0.1, 0.15) is 5.56 Å². The summed E-state index contributed by atoms with van der Waals surface area (Å²) in [4.78, 5) is 12.3. The number of para-hydroxylation sites is 1. The maximum absolute atomic E-state index is 12.3. The van der Waals surface area contributed by atoms with Crippen LogP contribution in [0.2, 0.25) is 5.02 Å². The quantitative estimate of drug-likeness (QED) is 0.706. The third-order valence-corrected chi connectivity index (χ3v) is 4.17. The molecule has 8 heteroatoms. The normalized spacial score (nSPS) is 11.8. The summed E-state index contributed by atoms with van der Waals surface area (Å²) in [6, 6.07) is 11.9. The molecule has 0 saturated heterocycles. The number of anilines is 2. The molecule has 2 heterocycles. The second-order valence-electron chi connectivity index (χ2n) is 5.55. The minimum atomic E-state index is -0.500. The maximum Gasteiger partial charge on any atom is 0.325 e. The van der Waals surface area contributed by atoms with Crippen LogP contribution in [-0.2, 0) is 6.61 Å². The summed E-state index contributed by atoms with van der Waals surface area (Å²) in [7, 11) is 1.51. The summed E-state index contributed by atoms with van der Waals surface area (Å²) in [5.74, 6) is 2.09. The second-order valence-corrected chi connectivity index (χ2v) is 5.98. The number of hydrogen-bond acceptors (Lipinski definition) is 5.